The molecule has 0 bridgehead atoms. The Labute approximate surface area is 138 Å². The lowest BCUT2D eigenvalue weighted by atomic mass is 10.1. The zero-order chi connectivity index (χ0) is 16.2. The van der Waals surface area contributed by atoms with Gasteiger partial charge in [-0.05, 0) is 57.5 Å². The molecule has 0 spiro atoms. The molecule has 0 amide bonds. The molecule has 0 radical (unpaired) electrons. The molecule has 2 heterocycles. The molecule has 1 fully saturated rings. The van der Waals surface area contributed by atoms with Crippen LogP contribution in [0.2, 0.25) is 0 Å². The van der Waals surface area contributed by atoms with Gasteiger partial charge in [-0.25, -0.2) is 0 Å². The van der Waals surface area contributed by atoms with Gasteiger partial charge in [-0.2, -0.15) is 0 Å². The summed E-state index contributed by atoms with van der Waals surface area (Å²) in [6.07, 6.45) is 2.50. The average Bonchev–Trinajstić information content (AvgIpc) is 2.85. The summed E-state index contributed by atoms with van der Waals surface area (Å²) in [5.74, 6) is 1.00. The van der Waals surface area contributed by atoms with Crippen molar-refractivity contribution < 1.29 is 4.74 Å². The van der Waals surface area contributed by atoms with E-state index in [1.807, 2.05) is 7.05 Å². The second-order valence-electron chi connectivity index (χ2n) is 6.84. The molecule has 1 N–H and O–H groups in total. The molecular weight excluding hydrogens is 294 g/mol. The molecule has 22 heavy (non-hydrogen) atoms. The van der Waals surface area contributed by atoms with Crippen LogP contribution < -0.4 is 5.32 Å². The molecule has 2 rings (SSSR count). The van der Waals surface area contributed by atoms with E-state index in [-0.39, 0.29) is 5.60 Å². The maximum Gasteiger partial charge on any atom is 0.193 e. The van der Waals surface area contributed by atoms with Crippen molar-refractivity contribution in [3.05, 3.63) is 21.9 Å². The Morgan fingerprint density at radius 1 is 1.41 bits per heavy atom. The molecule has 0 aromatic carbocycles. The number of rotatable bonds is 3. The number of aliphatic imine (C=N–C) groups is 1. The van der Waals surface area contributed by atoms with Crippen LogP contribution in [0.15, 0.2) is 16.4 Å². The van der Waals surface area contributed by atoms with E-state index in [0.29, 0.717) is 6.10 Å². The summed E-state index contributed by atoms with van der Waals surface area (Å²) in [7, 11) is 1.86. The molecule has 0 atom stereocenters. The lowest BCUT2D eigenvalue weighted by molar-refractivity contribution is -0.0772. The molecule has 0 saturated carbocycles. The smallest absolute Gasteiger partial charge is 0.193 e. The van der Waals surface area contributed by atoms with Crippen molar-refractivity contribution in [2.24, 2.45) is 4.99 Å². The van der Waals surface area contributed by atoms with Crippen molar-refractivity contribution in [2.45, 2.75) is 58.8 Å². The number of piperidine rings is 1. The third kappa shape index (κ3) is 4.99. The highest BCUT2D eigenvalue weighted by Crippen LogP contribution is 2.20. The van der Waals surface area contributed by atoms with E-state index in [2.05, 4.69) is 54.4 Å². The summed E-state index contributed by atoms with van der Waals surface area (Å²) in [5.41, 5.74) is 1.30. The minimum Gasteiger partial charge on any atom is -0.372 e. The van der Waals surface area contributed by atoms with Gasteiger partial charge in [0.15, 0.2) is 5.96 Å². The number of hydrogen-bond acceptors (Lipinski definition) is 3. The second kappa shape index (κ2) is 7.47. The third-order valence-corrected chi connectivity index (χ3v) is 4.87. The number of aryl methyl sites for hydroxylation is 1. The fourth-order valence-electron chi connectivity index (χ4n) is 2.76. The quantitative estimate of drug-likeness (QED) is 0.684. The van der Waals surface area contributed by atoms with Gasteiger partial charge in [-0.3, -0.25) is 4.99 Å². The minimum atomic E-state index is -0.0521. The van der Waals surface area contributed by atoms with Gasteiger partial charge < -0.3 is 15.0 Å². The number of ether oxygens (including phenoxy) is 1. The zero-order valence-corrected chi connectivity index (χ0v) is 15.3. The first-order chi connectivity index (χ1) is 10.4. The molecule has 1 saturated heterocycles. The van der Waals surface area contributed by atoms with E-state index in [0.717, 1.165) is 38.4 Å². The summed E-state index contributed by atoms with van der Waals surface area (Å²) in [5, 5.41) is 5.63. The van der Waals surface area contributed by atoms with E-state index >= 15 is 0 Å². The Morgan fingerprint density at radius 3 is 2.59 bits per heavy atom. The molecule has 124 valence electrons. The maximum atomic E-state index is 6.09. The topological polar surface area (TPSA) is 36.9 Å². The average molecular weight is 324 g/mol. The van der Waals surface area contributed by atoms with Gasteiger partial charge in [0, 0.05) is 25.0 Å². The summed E-state index contributed by atoms with van der Waals surface area (Å²) >= 11 is 1.80. The van der Waals surface area contributed by atoms with Gasteiger partial charge in [-0.15, -0.1) is 11.3 Å². The van der Waals surface area contributed by atoms with Crippen LogP contribution >= 0.6 is 11.3 Å². The number of guanidine groups is 1. The summed E-state index contributed by atoms with van der Waals surface area (Å²) in [6.45, 7) is 11.4. The SMILES string of the molecule is CN=C(NCc1sccc1C)N1CCC(OC(C)(C)C)CC1. The third-order valence-electron chi connectivity index (χ3n) is 3.85. The van der Waals surface area contributed by atoms with Gasteiger partial charge >= 0.3 is 0 Å². The molecule has 4 nitrogen and oxygen atoms in total. The Morgan fingerprint density at radius 2 is 2.09 bits per heavy atom. The molecule has 0 unspecified atom stereocenters. The maximum absolute atomic E-state index is 6.09. The van der Waals surface area contributed by atoms with E-state index < -0.39 is 0 Å². The Bertz CT molecular complexity index is 496. The number of nitrogens with zero attached hydrogens (tertiary/aromatic N) is 2. The summed E-state index contributed by atoms with van der Waals surface area (Å²) < 4.78 is 6.09. The summed E-state index contributed by atoms with van der Waals surface area (Å²) in [4.78, 5) is 8.16. The van der Waals surface area contributed by atoms with Crippen LogP contribution in [0.25, 0.3) is 0 Å². The van der Waals surface area contributed by atoms with E-state index in [1.165, 1.54) is 10.4 Å². The molecule has 1 aromatic rings. The Hall–Kier alpha value is -1.07. The number of likely N-dealkylation sites (tertiary alicyclic amines) is 1. The van der Waals surface area contributed by atoms with Crippen molar-refractivity contribution in [2.75, 3.05) is 20.1 Å². The zero-order valence-electron chi connectivity index (χ0n) is 14.5. The van der Waals surface area contributed by atoms with Gasteiger partial charge in [0.25, 0.3) is 0 Å². The first-order valence-electron chi connectivity index (χ1n) is 8.05. The van der Waals surface area contributed by atoms with Crippen LogP contribution in [0.1, 0.15) is 44.1 Å². The second-order valence-corrected chi connectivity index (χ2v) is 7.84. The molecule has 1 aliphatic heterocycles. The van der Waals surface area contributed by atoms with E-state index in [1.54, 1.807) is 11.3 Å². The Kier molecular flexibility index (Phi) is 5.87. The Balaban J connectivity index is 1.82. The first-order valence-corrected chi connectivity index (χ1v) is 8.93. The van der Waals surface area contributed by atoms with Crippen LogP contribution in [0, 0.1) is 6.92 Å². The number of thiophene rings is 1. The fraction of sp³-hybridized carbons (Fsp3) is 0.706. The molecular formula is C17H29N3OS. The lowest BCUT2D eigenvalue weighted by Gasteiger charge is -2.36. The van der Waals surface area contributed by atoms with Gasteiger partial charge in [-0.1, -0.05) is 0 Å². The van der Waals surface area contributed by atoms with E-state index in [9.17, 15) is 0 Å². The fourth-order valence-corrected chi connectivity index (χ4v) is 3.61. The normalized spacial score (nSPS) is 17.9. The van der Waals surface area contributed by atoms with Crippen molar-refractivity contribution in [3.8, 4) is 0 Å². The number of hydrogen-bond donors (Lipinski definition) is 1. The van der Waals surface area contributed by atoms with Crippen LogP contribution in [-0.2, 0) is 11.3 Å². The van der Waals surface area contributed by atoms with Crippen LogP contribution in [0.4, 0.5) is 0 Å². The monoisotopic (exact) mass is 323 g/mol. The van der Waals surface area contributed by atoms with Crippen molar-refractivity contribution in [1.82, 2.24) is 10.2 Å². The first kappa shape index (κ1) is 17.3. The van der Waals surface area contributed by atoms with Crippen molar-refractivity contribution >= 4 is 17.3 Å². The summed E-state index contributed by atoms with van der Waals surface area (Å²) in [6, 6.07) is 2.17. The standard InChI is InChI=1S/C17H29N3OS/c1-13-8-11-22-15(13)12-19-16(18-5)20-9-6-14(7-10-20)21-17(2,3)4/h8,11,14H,6-7,9-10,12H2,1-5H3,(H,18,19). The largest absolute Gasteiger partial charge is 0.372 e. The highest BCUT2D eigenvalue weighted by molar-refractivity contribution is 7.10. The highest BCUT2D eigenvalue weighted by atomic mass is 32.1. The van der Waals surface area contributed by atoms with E-state index in [4.69, 9.17) is 4.74 Å². The highest BCUT2D eigenvalue weighted by Gasteiger charge is 2.25. The molecule has 5 heteroatoms. The van der Waals surface area contributed by atoms with Crippen molar-refractivity contribution in [3.63, 3.8) is 0 Å². The molecule has 0 aliphatic carbocycles. The minimum absolute atomic E-state index is 0.0521. The van der Waals surface area contributed by atoms with Crippen molar-refractivity contribution in [1.29, 1.82) is 0 Å². The van der Waals surface area contributed by atoms with Crippen LogP contribution in [-0.4, -0.2) is 42.7 Å². The van der Waals surface area contributed by atoms with Crippen LogP contribution in [0.3, 0.4) is 0 Å². The van der Waals surface area contributed by atoms with Crippen LogP contribution in [0.5, 0.6) is 0 Å². The molecule has 1 aromatic heterocycles. The number of nitrogens with one attached hydrogen (secondary N) is 1. The molecule has 1 aliphatic rings. The predicted octanol–water partition coefficient (Wildman–Crippen LogP) is 3.41. The lowest BCUT2D eigenvalue weighted by Crippen LogP contribution is -2.47. The van der Waals surface area contributed by atoms with Gasteiger partial charge in [0.2, 0.25) is 0 Å². The van der Waals surface area contributed by atoms with Gasteiger partial charge in [0.1, 0.15) is 0 Å². The predicted molar refractivity (Wildman–Crippen MR) is 94.7 cm³/mol. The van der Waals surface area contributed by atoms with Gasteiger partial charge in [0.05, 0.1) is 18.2 Å².